The molecule has 0 aromatic carbocycles. The van der Waals surface area contributed by atoms with Crippen molar-refractivity contribution >= 4 is 11.7 Å². The fourth-order valence-corrected chi connectivity index (χ4v) is 2.11. The highest BCUT2D eigenvalue weighted by Gasteiger charge is 2.31. The van der Waals surface area contributed by atoms with Gasteiger partial charge < -0.3 is 5.11 Å². The van der Waals surface area contributed by atoms with Crippen molar-refractivity contribution in [2.24, 2.45) is 5.92 Å². The summed E-state index contributed by atoms with van der Waals surface area (Å²) in [6.07, 6.45) is 3.26. The number of carbonyl (C=O) groups excluding carboxylic acids is 1. The Hall–Kier alpha value is -1.68. The Labute approximate surface area is 101 Å². The number of fused-ring (bicyclic) bond motifs is 1. The molecule has 2 atom stereocenters. The van der Waals surface area contributed by atoms with E-state index >= 15 is 0 Å². The van der Waals surface area contributed by atoms with Crippen LogP contribution in [-0.4, -0.2) is 28.6 Å². The molecular formula is C13H16N2O2. The molecule has 0 fully saturated rings. The van der Waals surface area contributed by atoms with Crippen LogP contribution in [0.4, 0.5) is 5.82 Å². The Morgan fingerprint density at radius 2 is 2.47 bits per heavy atom. The minimum atomic E-state index is -0.729. The maximum absolute atomic E-state index is 12.2. The van der Waals surface area contributed by atoms with Crippen LogP contribution in [0.1, 0.15) is 12.5 Å². The molecule has 0 saturated heterocycles. The van der Waals surface area contributed by atoms with Gasteiger partial charge in [0.25, 0.3) is 0 Å². The molecule has 0 aliphatic carbocycles. The van der Waals surface area contributed by atoms with E-state index < -0.39 is 12.0 Å². The van der Waals surface area contributed by atoms with Gasteiger partial charge in [0.1, 0.15) is 5.82 Å². The second-order valence-electron chi connectivity index (χ2n) is 4.23. The molecule has 17 heavy (non-hydrogen) atoms. The SMILES string of the molecule is C=C[C@H](C(=O)N1CCc2cccnc21)[C@@H](C)O. The average molecular weight is 232 g/mol. The first kappa shape index (κ1) is 11.8. The number of aliphatic hydroxyl groups is 1. The Morgan fingerprint density at radius 3 is 3.12 bits per heavy atom. The molecule has 0 unspecified atom stereocenters. The van der Waals surface area contributed by atoms with Gasteiger partial charge in [-0.25, -0.2) is 4.98 Å². The summed E-state index contributed by atoms with van der Waals surface area (Å²) in [7, 11) is 0. The Morgan fingerprint density at radius 1 is 1.71 bits per heavy atom. The van der Waals surface area contributed by atoms with E-state index in [0.29, 0.717) is 12.4 Å². The van der Waals surface area contributed by atoms with Crippen molar-refractivity contribution in [3.05, 3.63) is 36.5 Å². The van der Waals surface area contributed by atoms with E-state index in [-0.39, 0.29) is 5.91 Å². The van der Waals surface area contributed by atoms with Gasteiger partial charge in [-0.1, -0.05) is 12.1 Å². The van der Waals surface area contributed by atoms with Crippen LogP contribution < -0.4 is 4.90 Å². The normalized spacial score (nSPS) is 17.4. The summed E-state index contributed by atoms with van der Waals surface area (Å²) in [4.78, 5) is 18.1. The van der Waals surface area contributed by atoms with E-state index in [1.54, 1.807) is 18.0 Å². The van der Waals surface area contributed by atoms with Crippen molar-refractivity contribution in [2.75, 3.05) is 11.4 Å². The predicted molar refractivity (Wildman–Crippen MR) is 65.7 cm³/mol. The van der Waals surface area contributed by atoms with E-state index in [1.165, 1.54) is 6.08 Å². The topological polar surface area (TPSA) is 53.4 Å². The molecular weight excluding hydrogens is 216 g/mol. The quantitative estimate of drug-likeness (QED) is 0.795. The highest BCUT2D eigenvalue weighted by Crippen LogP contribution is 2.27. The standard InChI is InChI=1S/C13H16N2O2/c1-3-11(9(2)16)13(17)15-8-6-10-5-4-7-14-12(10)15/h3-5,7,9,11,16H,1,6,8H2,2H3/t9-,11+/m1/s1. The third-order valence-electron chi connectivity index (χ3n) is 3.05. The number of amides is 1. The Kier molecular flexibility index (Phi) is 3.24. The minimum absolute atomic E-state index is 0.132. The Balaban J connectivity index is 2.26. The molecule has 1 N–H and O–H groups in total. The van der Waals surface area contributed by atoms with Crippen molar-refractivity contribution < 1.29 is 9.90 Å². The summed E-state index contributed by atoms with van der Waals surface area (Å²) in [5.41, 5.74) is 1.08. The molecule has 4 heteroatoms. The van der Waals surface area contributed by atoms with Crippen LogP contribution in [-0.2, 0) is 11.2 Å². The molecule has 0 radical (unpaired) electrons. The number of pyridine rings is 1. The van der Waals surface area contributed by atoms with Gasteiger partial charge in [0.05, 0.1) is 12.0 Å². The first-order valence-electron chi connectivity index (χ1n) is 5.71. The molecule has 1 aliphatic heterocycles. The molecule has 1 aliphatic rings. The van der Waals surface area contributed by atoms with Gasteiger partial charge in [0.2, 0.25) is 5.91 Å². The predicted octanol–water partition coefficient (Wildman–Crippen LogP) is 1.15. The number of hydrogen-bond acceptors (Lipinski definition) is 3. The maximum Gasteiger partial charge on any atom is 0.237 e. The molecule has 1 aromatic heterocycles. The second-order valence-corrected chi connectivity index (χ2v) is 4.23. The molecule has 1 aromatic rings. The average Bonchev–Trinajstić information content (AvgIpc) is 2.72. The van der Waals surface area contributed by atoms with Crippen LogP contribution in [0.3, 0.4) is 0 Å². The zero-order valence-corrected chi connectivity index (χ0v) is 9.84. The number of aromatic nitrogens is 1. The number of hydrogen-bond donors (Lipinski definition) is 1. The summed E-state index contributed by atoms with van der Waals surface area (Å²) in [5, 5.41) is 9.55. The fourth-order valence-electron chi connectivity index (χ4n) is 2.11. The molecule has 0 bridgehead atoms. The van der Waals surface area contributed by atoms with Gasteiger partial charge in [-0.3, -0.25) is 9.69 Å². The van der Waals surface area contributed by atoms with E-state index in [9.17, 15) is 9.90 Å². The molecule has 0 saturated carbocycles. The van der Waals surface area contributed by atoms with Gasteiger partial charge in [0, 0.05) is 12.7 Å². The maximum atomic E-state index is 12.2. The lowest BCUT2D eigenvalue weighted by Crippen LogP contribution is -2.38. The van der Waals surface area contributed by atoms with Crippen molar-refractivity contribution in [1.29, 1.82) is 0 Å². The third kappa shape index (κ3) is 2.08. The van der Waals surface area contributed by atoms with Crippen LogP contribution in [0.5, 0.6) is 0 Å². The van der Waals surface area contributed by atoms with E-state index in [2.05, 4.69) is 11.6 Å². The lowest BCUT2D eigenvalue weighted by Gasteiger charge is -2.22. The number of carbonyl (C=O) groups is 1. The summed E-state index contributed by atoms with van der Waals surface area (Å²) in [6.45, 7) is 5.83. The van der Waals surface area contributed by atoms with Crippen LogP contribution in [0.25, 0.3) is 0 Å². The smallest absolute Gasteiger partial charge is 0.237 e. The monoisotopic (exact) mass is 232 g/mol. The van der Waals surface area contributed by atoms with Crippen LogP contribution in [0.15, 0.2) is 31.0 Å². The van der Waals surface area contributed by atoms with E-state index in [4.69, 9.17) is 0 Å². The van der Waals surface area contributed by atoms with Gasteiger partial charge in [-0.05, 0) is 25.0 Å². The van der Waals surface area contributed by atoms with Gasteiger partial charge >= 0.3 is 0 Å². The van der Waals surface area contributed by atoms with E-state index in [0.717, 1.165) is 12.0 Å². The van der Waals surface area contributed by atoms with Crippen LogP contribution in [0, 0.1) is 5.92 Å². The summed E-state index contributed by atoms with van der Waals surface area (Å²) < 4.78 is 0. The highest BCUT2D eigenvalue weighted by atomic mass is 16.3. The number of anilines is 1. The number of aliphatic hydroxyl groups excluding tert-OH is 1. The molecule has 90 valence electrons. The lowest BCUT2D eigenvalue weighted by molar-refractivity contribution is -0.123. The number of rotatable bonds is 3. The van der Waals surface area contributed by atoms with Crippen molar-refractivity contribution in [3.8, 4) is 0 Å². The highest BCUT2D eigenvalue weighted by molar-refractivity contribution is 5.97. The number of nitrogens with zero attached hydrogens (tertiary/aromatic N) is 2. The minimum Gasteiger partial charge on any atom is -0.392 e. The summed E-state index contributed by atoms with van der Waals surface area (Å²) in [5.74, 6) is 0.0143. The first-order chi connectivity index (χ1) is 8.15. The summed E-state index contributed by atoms with van der Waals surface area (Å²) in [6, 6.07) is 3.84. The summed E-state index contributed by atoms with van der Waals surface area (Å²) >= 11 is 0. The van der Waals surface area contributed by atoms with Crippen LogP contribution in [0.2, 0.25) is 0 Å². The lowest BCUT2D eigenvalue weighted by atomic mass is 10.0. The van der Waals surface area contributed by atoms with E-state index in [1.807, 2.05) is 12.1 Å². The molecule has 4 nitrogen and oxygen atoms in total. The van der Waals surface area contributed by atoms with Gasteiger partial charge in [-0.2, -0.15) is 0 Å². The Bertz CT molecular complexity index is 443. The van der Waals surface area contributed by atoms with Gasteiger partial charge in [0.15, 0.2) is 0 Å². The van der Waals surface area contributed by atoms with Gasteiger partial charge in [-0.15, -0.1) is 6.58 Å². The zero-order chi connectivity index (χ0) is 12.4. The largest absolute Gasteiger partial charge is 0.392 e. The fraction of sp³-hybridized carbons (Fsp3) is 0.385. The van der Waals surface area contributed by atoms with Crippen molar-refractivity contribution in [1.82, 2.24) is 4.98 Å². The zero-order valence-electron chi connectivity index (χ0n) is 9.84. The third-order valence-corrected chi connectivity index (χ3v) is 3.05. The first-order valence-corrected chi connectivity index (χ1v) is 5.71. The molecule has 2 heterocycles. The molecule has 2 rings (SSSR count). The van der Waals surface area contributed by atoms with Crippen LogP contribution >= 0.6 is 0 Å². The molecule has 0 spiro atoms. The van der Waals surface area contributed by atoms with Crippen molar-refractivity contribution in [2.45, 2.75) is 19.4 Å². The second kappa shape index (κ2) is 4.67. The molecule has 1 amide bonds. The van der Waals surface area contributed by atoms with Crippen molar-refractivity contribution in [3.63, 3.8) is 0 Å².